The fourth-order valence-corrected chi connectivity index (χ4v) is 19.2. The standard InChI is InChI=1S/C80H101N13O18S2/c1-50(2)69(87-65(95)16-8-7-11-30-92-66(96)25-26-67(92)97)72(101)84-59(14-12-29-82-74(81)104)61(94)39-52-17-19-53(20-18-52)42-110-76(105)90(32-28-68(98)99)34-36-109-62-23-21-56(71(100)88-75-85-60-13-9-10-15-63(60)112-75)58-41-91(31-27-54(58)62)64-24-22-55(70(86-64)73(102)103)57-40-83-93(51(57)3)49-79-44-77(4)43-78(5,45-79)47-80(46-77,48-79)111-37-33-89(6)35-38-113(106,107)108/h9-10,13,15,17-26,40,50,59,69H,7-8,11-12,14,16,27-39,41-49H2,1-6H3,(H,84,101)(H,87,95)(H,98,99)(H,102,103)(H3,81,82,104)(H,85,88,100)(H,106,107,108)/t59-,69-,77?,78?,79?,80?/m0/s1. The number of urea groups is 1. The number of nitrogens with zero attached hydrogens (tertiary/aromatic N) is 8. The summed E-state index contributed by atoms with van der Waals surface area (Å²) in [4.78, 5) is 146. The monoisotopic (exact) mass is 1600 g/mol. The van der Waals surface area contributed by atoms with Gasteiger partial charge in [-0.05, 0) is 160 Å². The van der Waals surface area contributed by atoms with Gasteiger partial charge < -0.3 is 60.8 Å². The van der Waals surface area contributed by atoms with E-state index in [9.17, 15) is 71.1 Å². The molecule has 606 valence electrons. The largest absolute Gasteiger partial charge is 0.491 e. The number of pyridine rings is 1. The van der Waals surface area contributed by atoms with Crippen molar-refractivity contribution in [3.05, 3.63) is 130 Å². The second kappa shape index (κ2) is 35.9. The molecule has 9 N–H and O–H groups in total. The average molecular weight is 1600 g/mol. The number of ether oxygens (including phenoxy) is 3. The molecule has 5 heterocycles. The van der Waals surface area contributed by atoms with E-state index in [-0.39, 0.29) is 141 Å². The minimum atomic E-state index is -4.10. The van der Waals surface area contributed by atoms with E-state index in [1.165, 1.54) is 28.4 Å². The van der Waals surface area contributed by atoms with Crippen LogP contribution in [-0.2, 0) is 80.9 Å². The SMILES string of the molecule is Cc1c(-c2ccc(N3CCc4c(OCCN(CCC(=O)O)C(=O)OCc5ccc(CC(=O)[C@H](CCCNC(N)=O)NC(=O)[C@@H](NC(=O)CCCCCN6C(=O)C=CC6=O)C(C)C)cc5)ccc(C(=O)Nc5nc6ccccc6s5)c4C3)nc2C(=O)O)cnn1CC12CC3(C)CC(C)(C1)CC(OCCN(C)CCS(=O)(=O)O)(C3)C2. The molecule has 6 aromatic rings. The van der Waals surface area contributed by atoms with Gasteiger partial charge in [0.15, 0.2) is 16.6 Å². The van der Waals surface area contributed by atoms with Crippen LogP contribution in [0.25, 0.3) is 21.3 Å². The Morgan fingerprint density at radius 1 is 0.779 bits per heavy atom. The Hall–Kier alpha value is -10.2. The molecule has 4 aliphatic carbocycles. The number of aromatic nitrogens is 4. The van der Waals surface area contributed by atoms with Crippen LogP contribution in [0.1, 0.15) is 160 Å². The fraction of sp³-hybridized carbons (Fsp3) is 0.512. The molecular formula is C80H101N13O18S2. The first-order chi connectivity index (χ1) is 53.7. The zero-order valence-corrected chi connectivity index (χ0v) is 66.3. The lowest BCUT2D eigenvalue weighted by molar-refractivity contribution is -0.248. The molecule has 4 fully saturated rings. The molecule has 4 atom stereocenters. The number of carbonyl (C=O) groups excluding carboxylic acids is 8. The van der Waals surface area contributed by atoms with Gasteiger partial charge in [0, 0.05) is 105 Å². The first-order valence-electron chi connectivity index (χ1n) is 38.3. The molecular weight excluding hydrogens is 1500 g/mol. The number of unbranched alkanes of at least 4 members (excludes halogenated alkanes) is 2. The number of hydrogen-bond donors (Lipinski definition) is 8. The molecule has 0 spiro atoms. The number of Topliss-reactive ketones (excluding diaryl/α,β-unsaturated/α-hetero) is 1. The van der Waals surface area contributed by atoms with E-state index in [1.807, 2.05) is 52.7 Å². The Bertz CT molecular complexity index is 4670. The normalized spacial score (nSPS) is 20.2. The van der Waals surface area contributed by atoms with E-state index >= 15 is 0 Å². The van der Waals surface area contributed by atoms with Crippen LogP contribution in [0.4, 0.5) is 20.5 Å². The molecule has 3 aromatic carbocycles. The molecule has 8 amide bonds. The number of para-hydroxylation sites is 1. The van der Waals surface area contributed by atoms with E-state index in [2.05, 4.69) is 40.1 Å². The summed E-state index contributed by atoms with van der Waals surface area (Å²) < 4.78 is 54.2. The summed E-state index contributed by atoms with van der Waals surface area (Å²) in [5.74, 6) is -4.94. The van der Waals surface area contributed by atoms with E-state index in [0.717, 1.165) is 53.8 Å². The van der Waals surface area contributed by atoms with Crippen molar-refractivity contribution in [3.63, 3.8) is 0 Å². The van der Waals surface area contributed by atoms with Crippen molar-refractivity contribution in [2.75, 3.05) is 82.0 Å². The minimum absolute atomic E-state index is 0.0147. The number of nitrogens with one attached hydrogen (secondary N) is 4. The molecule has 2 unspecified atom stereocenters. The number of nitrogens with two attached hydrogens (primary N) is 1. The van der Waals surface area contributed by atoms with Gasteiger partial charge in [0.25, 0.3) is 27.8 Å². The Morgan fingerprint density at radius 2 is 1.50 bits per heavy atom. The number of anilines is 2. The number of carboxylic acids is 2. The van der Waals surface area contributed by atoms with Gasteiger partial charge in [-0.2, -0.15) is 13.5 Å². The maximum atomic E-state index is 14.5. The van der Waals surface area contributed by atoms with Crippen LogP contribution in [-0.4, -0.2) is 207 Å². The summed E-state index contributed by atoms with van der Waals surface area (Å²) in [7, 11) is -2.29. The number of likely N-dealkylation sites (N-methyl/N-ethyl adjacent to an activating group) is 1. The van der Waals surface area contributed by atoms with Crippen LogP contribution in [0.2, 0.25) is 0 Å². The molecule has 31 nitrogen and oxygen atoms in total. The second-order valence-electron chi connectivity index (χ2n) is 31.9. The maximum Gasteiger partial charge on any atom is 0.410 e. The van der Waals surface area contributed by atoms with Gasteiger partial charge in [0.1, 0.15) is 30.8 Å². The predicted molar refractivity (Wildman–Crippen MR) is 419 cm³/mol. The van der Waals surface area contributed by atoms with Crippen LogP contribution in [0.5, 0.6) is 5.75 Å². The number of thiazole rings is 1. The highest BCUT2D eigenvalue weighted by Crippen LogP contribution is 2.72. The quantitative estimate of drug-likeness (QED) is 0.0101. The number of primary amides is 1. The minimum Gasteiger partial charge on any atom is -0.491 e. The fourth-order valence-electron chi connectivity index (χ4n) is 17.8. The van der Waals surface area contributed by atoms with Gasteiger partial charge in [0.05, 0.1) is 53.4 Å². The topological polar surface area (TPSA) is 424 Å². The number of carbonyl (C=O) groups is 10. The second-order valence-corrected chi connectivity index (χ2v) is 34.5. The predicted octanol–water partition coefficient (Wildman–Crippen LogP) is 8.50. The molecule has 3 aromatic heterocycles. The average Bonchev–Trinajstić information content (AvgIpc) is 1.11. The highest BCUT2D eigenvalue weighted by atomic mass is 32.2. The number of hydrogen-bond acceptors (Lipinski definition) is 21. The molecule has 6 aliphatic rings. The summed E-state index contributed by atoms with van der Waals surface area (Å²) in [6.07, 6.45) is 10.7. The Balaban J connectivity index is 0.736. The summed E-state index contributed by atoms with van der Waals surface area (Å²) >= 11 is 1.31. The summed E-state index contributed by atoms with van der Waals surface area (Å²) in [6, 6.07) is 18.2. The maximum absolute atomic E-state index is 14.5. The number of fused-ring (bicyclic) bond motifs is 2. The van der Waals surface area contributed by atoms with Crippen LogP contribution < -0.4 is 36.6 Å². The zero-order valence-electron chi connectivity index (χ0n) is 64.6. The summed E-state index contributed by atoms with van der Waals surface area (Å²) in [6.45, 7) is 11.9. The summed E-state index contributed by atoms with van der Waals surface area (Å²) in [5.41, 5.74) is 9.70. The number of imide groups is 1. The lowest BCUT2D eigenvalue weighted by atomic mass is 9.39. The molecule has 12 rings (SSSR count). The number of ketones is 1. The van der Waals surface area contributed by atoms with Crippen molar-refractivity contribution in [3.8, 4) is 16.9 Å². The molecule has 4 bridgehead atoms. The van der Waals surface area contributed by atoms with Crippen molar-refractivity contribution in [2.24, 2.45) is 27.9 Å². The third kappa shape index (κ3) is 21.6. The van der Waals surface area contributed by atoms with Crippen LogP contribution in [0.15, 0.2) is 91.1 Å². The molecule has 2 aliphatic heterocycles. The Kier molecular flexibility index (Phi) is 26.6. The van der Waals surface area contributed by atoms with E-state index in [1.54, 1.807) is 68.6 Å². The number of amides is 8. The Labute approximate surface area is 659 Å². The summed E-state index contributed by atoms with van der Waals surface area (Å²) in [5, 5.41) is 37.1. The van der Waals surface area contributed by atoms with Crippen molar-refractivity contribution in [2.45, 2.75) is 168 Å². The number of rotatable bonds is 40. The van der Waals surface area contributed by atoms with Crippen LogP contribution in [0, 0.1) is 29.1 Å². The number of aliphatic carboxylic acids is 1. The van der Waals surface area contributed by atoms with Gasteiger partial charge in [0.2, 0.25) is 11.8 Å². The zero-order chi connectivity index (χ0) is 81.2. The van der Waals surface area contributed by atoms with Crippen molar-refractivity contribution in [1.82, 2.24) is 50.4 Å². The van der Waals surface area contributed by atoms with Crippen molar-refractivity contribution < 1.29 is 85.3 Å². The van der Waals surface area contributed by atoms with Crippen molar-refractivity contribution in [1.29, 1.82) is 0 Å². The highest BCUT2D eigenvalue weighted by Gasteiger charge is 2.66. The van der Waals surface area contributed by atoms with E-state index < -0.39 is 64.5 Å². The third-order valence-corrected chi connectivity index (χ3v) is 23.7. The lowest BCUT2D eigenvalue weighted by Crippen LogP contribution is -2.64. The van der Waals surface area contributed by atoms with E-state index in [4.69, 9.17) is 30.0 Å². The van der Waals surface area contributed by atoms with Crippen LogP contribution >= 0.6 is 11.3 Å². The molecule has 0 saturated heterocycles. The smallest absolute Gasteiger partial charge is 0.410 e. The number of benzene rings is 3. The first-order valence-corrected chi connectivity index (χ1v) is 40.7. The number of carboxylic acid groups (broad SMARTS) is 2. The van der Waals surface area contributed by atoms with Crippen molar-refractivity contribution >= 4 is 102 Å². The molecule has 0 radical (unpaired) electrons. The van der Waals surface area contributed by atoms with Gasteiger partial charge in [-0.1, -0.05) is 81.9 Å². The molecule has 113 heavy (non-hydrogen) atoms. The number of aromatic carboxylic acids is 1. The van der Waals surface area contributed by atoms with Gasteiger partial charge in [-0.3, -0.25) is 53.0 Å². The highest BCUT2D eigenvalue weighted by molar-refractivity contribution is 7.85. The van der Waals surface area contributed by atoms with Gasteiger partial charge in [-0.25, -0.2) is 24.4 Å². The molecule has 33 heteroatoms. The van der Waals surface area contributed by atoms with Gasteiger partial charge >= 0.3 is 24.1 Å². The third-order valence-electron chi connectivity index (χ3n) is 22.0. The van der Waals surface area contributed by atoms with E-state index in [0.29, 0.717) is 113 Å². The van der Waals surface area contributed by atoms with Crippen LogP contribution in [0.3, 0.4) is 0 Å². The first kappa shape index (κ1) is 83.7. The Morgan fingerprint density at radius 3 is 2.19 bits per heavy atom. The molecule has 4 saturated carbocycles. The van der Waals surface area contributed by atoms with Gasteiger partial charge in [-0.15, -0.1) is 0 Å². The lowest BCUT2D eigenvalue weighted by Gasteiger charge is -2.69.